The summed E-state index contributed by atoms with van der Waals surface area (Å²) < 4.78 is 0. The number of carboxylic acid groups (broad SMARTS) is 1. The normalized spacial score (nSPS) is 20.5. The highest BCUT2D eigenvalue weighted by Gasteiger charge is 2.45. The molecule has 2 N–H and O–H groups in total. The summed E-state index contributed by atoms with van der Waals surface area (Å²) in [5, 5.41) is 10.8. The number of amides is 4. The lowest BCUT2D eigenvalue weighted by atomic mass is 10.0. The van der Waals surface area contributed by atoms with Crippen molar-refractivity contribution in [3.63, 3.8) is 0 Å². The van der Waals surface area contributed by atoms with E-state index in [1.54, 1.807) is 0 Å². The van der Waals surface area contributed by atoms with Crippen LogP contribution in [0.3, 0.4) is 0 Å². The van der Waals surface area contributed by atoms with Crippen LogP contribution < -0.4 is 5.32 Å². The second-order valence-electron chi connectivity index (χ2n) is 5.39. The number of carbonyl (C=O) groups excluding carboxylic acids is 4. The lowest BCUT2D eigenvalue weighted by Crippen LogP contribution is -2.54. The zero-order chi connectivity index (χ0) is 17.4. The van der Waals surface area contributed by atoms with Gasteiger partial charge in [-0.3, -0.25) is 29.4 Å². The molecule has 0 saturated carbocycles. The molecule has 24 heavy (non-hydrogen) atoms. The number of aliphatic carboxylic acids is 1. The number of piperidine rings is 1. The second kappa shape index (κ2) is 5.73. The number of fused-ring (bicyclic) bond motifs is 1. The van der Waals surface area contributed by atoms with E-state index in [0.717, 1.165) is 11.0 Å². The van der Waals surface area contributed by atoms with Crippen molar-refractivity contribution in [2.24, 2.45) is 0 Å². The van der Waals surface area contributed by atoms with Gasteiger partial charge in [0.2, 0.25) is 11.8 Å². The van der Waals surface area contributed by atoms with Crippen molar-refractivity contribution in [2.75, 3.05) is 0 Å². The molecule has 1 unspecified atom stereocenters. The Kier molecular flexibility index (Phi) is 3.72. The molecule has 2 aliphatic heterocycles. The molecule has 4 amide bonds. The summed E-state index contributed by atoms with van der Waals surface area (Å²) in [5.41, 5.74) is 0.449. The van der Waals surface area contributed by atoms with Crippen LogP contribution in [0.15, 0.2) is 24.3 Å². The van der Waals surface area contributed by atoms with E-state index in [4.69, 9.17) is 5.11 Å². The molecule has 3 rings (SSSR count). The van der Waals surface area contributed by atoms with E-state index in [9.17, 15) is 24.0 Å². The van der Waals surface area contributed by atoms with Crippen molar-refractivity contribution in [2.45, 2.75) is 18.9 Å². The quantitative estimate of drug-likeness (QED) is 0.603. The number of benzene rings is 1. The number of imide groups is 2. The van der Waals surface area contributed by atoms with Crippen LogP contribution in [0.5, 0.6) is 0 Å². The minimum atomic E-state index is -1.19. The highest BCUT2D eigenvalue weighted by molar-refractivity contribution is 6.24. The van der Waals surface area contributed by atoms with Gasteiger partial charge in [0.15, 0.2) is 0 Å². The third-order valence-electron chi connectivity index (χ3n) is 3.91. The molecule has 8 nitrogen and oxygen atoms in total. The maximum atomic E-state index is 12.7. The van der Waals surface area contributed by atoms with Gasteiger partial charge in [-0.2, -0.15) is 0 Å². The molecule has 0 aromatic heterocycles. The Labute approximate surface area is 135 Å². The molecule has 122 valence electrons. The predicted molar refractivity (Wildman–Crippen MR) is 79.8 cm³/mol. The molecule has 0 spiro atoms. The summed E-state index contributed by atoms with van der Waals surface area (Å²) in [5.74, 6) is -3.63. The summed E-state index contributed by atoms with van der Waals surface area (Å²) in [7, 11) is 0. The molecule has 0 aliphatic carbocycles. The number of nitrogens with zero attached hydrogens (tertiary/aromatic N) is 1. The monoisotopic (exact) mass is 328 g/mol. The van der Waals surface area contributed by atoms with Gasteiger partial charge in [-0.25, -0.2) is 4.79 Å². The van der Waals surface area contributed by atoms with E-state index in [-0.39, 0.29) is 29.5 Å². The lowest BCUT2D eigenvalue weighted by Gasteiger charge is -2.27. The Balaban J connectivity index is 2.00. The number of hydrogen-bond acceptors (Lipinski definition) is 5. The fraction of sp³-hybridized carbons (Fsp3) is 0.188. The molecule has 1 saturated heterocycles. The van der Waals surface area contributed by atoms with Gasteiger partial charge in [0, 0.05) is 12.5 Å². The average molecular weight is 328 g/mol. The molecule has 2 heterocycles. The first-order valence-corrected chi connectivity index (χ1v) is 7.15. The van der Waals surface area contributed by atoms with Crippen LogP contribution >= 0.6 is 0 Å². The van der Waals surface area contributed by atoms with E-state index in [0.29, 0.717) is 0 Å². The molecular weight excluding hydrogens is 316 g/mol. The van der Waals surface area contributed by atoms with Crippen molar-refractivity contribution >= 4 is 35.7 Å². The van der Waals surface area contributed by atoms with Gasteiger partial charge < -0.3 is 5.11 Å². The van der Waals surface area contributed by atoms with Crippen molar-refractivity contribution in [1.82, 2.24) is 10.2 Å². The molecule has 0 bridgehead atoms. The van der Waals surface area contributed by atoms with Crippen molar-refractivity contribution < 1.29 is 29.1 Å². The third-order valence-corrected chi connectivity index (χ3v) is 3.91. The summed E-state index contributed by atoms with van der Waals surface area (Å²) >= 11 is 0. The first-order valence-electron chi connectivity index (χ1n) is 7.15. The predicted octanol–water partition coefficient (Wildman–Crippen LogP) is 0.186. The molecule has 2 aliphatic rings. The van der Waals surface area contributed by atoms with Gasteiger partial charge in [0.1, 0.15) is 6.04 Å². The first-order chi connectivity index (χ1) is 11.4. The topological polar surface area (TPSA) is 121 Å². The number of rotatable bonds is 3. The summed E-state index contributed by atoms with van der Waals surface area (Å²) in [6, 6.07) is 3.43. The first kappa shape index (κ1) is 15.6. The molecule has 1 atom stereocenters. The van der Waals surface area contributed by atoms with Crippen LogP contribution in [-0.4, -0.2) is 45.6 Å². The molecule has 1 aromatic rings. The van der Waals surface area contributed by atoms with E-state index in [2.05, 4.69) is 5.32 Å². The van der Waals surface area contributed by atoms with Gasteiger partial charge >= 0.3 is 5.97 Å². The summed E-state index contributed by atoms with van der Waals surface area (Å²) in [6.45, 7) is 0. The van der Waals surface area contributed by atoms with Gasteiger partial charge in [-0.15, -0.1) is 0 Å². The van der Waals surface area contributed by atoms with E-state index < -0.39 is 35.6 Å². The van der Waals surface area contributed by atoms with E-state index in [1.807, 2.05) is 0 Å². The number of nitrogens with one attached hydrogen (secondary N) is 1. The maximum Gasteiger partial charge on any atom is 0.328 e. The zero-order valence-corrected chi connectivity index (χ0v) is 12.3. The Morgan fingerprint density at radius 2 is 1.96 bits per heavy atom. The summed E-state index contributed by atoms with van der Waals surface area (Å²) in [4.78, 5) is 59.9. The minimum absolute atomic E-state index is 0.0373. The van der Waals surface area contributed by atoms with E-state index in [1.165, 1.54) is 24.3 Å². The van der Waals surface area contributed by atoms with Crippen molar-refractivity contribution in [1.29, 1.82) is 0 Å². The van der Waals surface area contributed by atoms with Crippen LogP contribution in [-0.2, 0) is 14.4 Å². The van der Waals surface area contributed by atoms with Gasteiger partial charge in [-0.05, 0) is 24.1 Å². The standard InChI is InChI=1S/C16H12N2O6/c19-11-6-5-10(14(22)17-11)18-15(23)9-3-1-2-8(4-7-12(20)21)13(9)16(18)24/h1-4,7,10H,5-6H2,(H,20,21)(H,17,19,22). The van der Waals surface area contributed by atoms with Crippen LogP contribution in [0.25, 0.3) is 6.08 Å². The highest BCUT2D eigenvalue weighted by Crippen LogP contribution is 2.30. The summed E-state index contributed by atoms with van der Waals surface area (Å²) in [6.07, 6.45) is 2.19. The molecule has 1 fully saturated rings. The average Bonchev–Trinajstić information content (AvgIpc) is 2.78. The largest absolute Gasteiger partial charge is 0.478 e. The zero-order valence-electron chi connectivity index (χ0n) is 12.3. The van der Waals surface area contributed by atoms with Gasteiger partial charge in [-0.1, -0.05) is 12.1 Å². The van der Waals surface area contributed by atoms with Crippen LogP contribution in [0.4, 0.5) is 0 Å². The maximum absolute atomic E-state index is 12.7. The van der Waals surface area contributed by atoms with Gasteiger partial charge in [0.05, 0.1) is 11.1 Å². The Bertz CT molecular complexity index is 826. The Hall–Kier alpha value is -3.29. The number of carboxylic acids is 1. The van der Waals surface area contributed by atoms with Crippen LogP contribution in [0.2, 0.25) is 0 Å². The smallest absolute Gasteiger partial charge is 0.328 e. The lowest BCUT2D eigenvalue weighted by molar-refractivity contribution is -0.136. The molecular formula is C16H12N2O6. The minimum Gasteiger partial charge on any atom is -0.478 e. The second-order valence-corrected chi connectivity index (χ2v) is 5.39. The number of carbonyl (C=O) groups is 5. The van der Waals surface area contributed by atoms with Crippen molar-refractivity contribution in [3.8, 4) is 0 Å². The van der Waals surface area contributed by atoms with Gasteiger partial charge in [0.25, 0.3) is 11.8 Å². The van der Waals surface area contributed by atoms with Crippen LogP contribution in [0.1, 0.15) is 39.1 Å². The fourth-order valence-electron chi connectivity index (χ4n) is 2.84. The molecule has 8 heteroatoms. The fourth-order valence-corrected chi connectivity index (χ4v) is 2.84. The SMILES string of the molecule is O=C(O)C=Cc1cccc2c1C(=O)N(C1CCC(=O)NC1=O)C2=O. The van der Waals surface area contributed by atoms with Crippen LogP contribution in [0, 0.1) is 0 Å². The Morgan fingerprint density at radius 3 is 2.62 bits per heavy atom. The molecule has 0 radical (unpaired) electrons. The van der Waals surface area contributed by atoms with Crippen molar-refractivity contribution in [3.05, 3.63) is 41.0 Å². The molecule has 1 aromatic carbocycles. The number of hydrogen-bond donors (Lipinski definition) is 2. The Morgan fingerprint density at radius 1 is 1.21 bits per heavy atom. The third kappa shape index (κ3) is 2.47. The highest BCUT2D eigenvalue weighted by atomic mass is 16.4. The van der Waals surface area contributed by atoms with E-state index >= 15 is 0 Å².